The highest BCUT2D eigenvalue weighted by atomic mass is 35.5. The fourth-order valence-corrected chi connectivity index (χ4v) is 3.41. The van der Waals surface area contributed by atoms with Crippen LogP contribution in [0.25, 0.3) is 0 Å². The van der Waals surface area contributed by atoms with Crippen LogP contribution in [0, 0.1) is 5.92 Å². The highest BCUT2D eigenvalue weighted by Crippen LogP contribution is 2.28. The number of hydrogen-bond donors (Lipinski definition) is 2. The van der Waals surface area contributed by atoms with E-state index in [0.717, 1.165) is 38.4 Å². The number of amides is 2. The van der Waals surface area contributed by atoms with Crippen molar-refractivity contribution in [3.63, 3.8) is 0 Å². The lowest BCUT2D eigenvalue weighted by Gasteiger charge is -2.32. The number of piperidine rings is 1. The van der Waals surface area contributed by atoms with Gasteiger partial charge in [-0.25, -0.2) is 4.98 Å². The van der Waals surface area contributed by atoms with Gasteiger partial charge in [0, 0.05) is 31.4 Å². The number of nitrogens with one attached hydrogen (secondary N) is 2. The van der Waals surface area contributed by atoms with Gasteiger partial charge in [-0.05, 0) is 38.1 Å². The molecule has 136 valence electrons. The molecule has 1 saturated heterocycles. The molecule has 0 radical (unpaired) electrons. The molecular weight excluding hydrogens is 371 g/mol. The second-order valence-corrected chi connectivity index (χ2v) is 7.00. The normalized spacial score (nSPS) is 17.6. The Balaban J connectivity index is 0.00000144. The van der Waals surface area contributed by atoms with Crippen molar-refractivity contribution in [2.45, 2.75) is 38.6 Å². The molecule has 2 aliphatic rings. The maximum Gasteiger partial charge on any atom is 0.273 e. The van der Waals surface area contributed by atoms with Gasteiger partial charge in [-0.3, -0.25) is 9.59 Å². The zero-order valence-corrected chi connectivity index (χ0v) is 16.1. The van der Waals surface area contributed by atoms with Crippen molar-refractivity contribution in [1.29, 1.82) is 0 Å². The summed E-state index contributed by atoms with van der Waals surface area (Å²) in [4.78, 5) is 29.5. The van der Waals surface area contributed by atoms with Gasteiger partial charge in [-0.1, -0.05) is 0 Å². The SMILES string of the molecule is CC(=O)Nc1nc(C(=O)N2CCC(NCC3CC3)CC2)cs1.Cl.Cl. The third kappa shape index (κ3) is 5.88. The summed E-state index contributed by atoms with van der Waals surface area (Å²) in [5, 5.41) is 8.42. The molecule has 1 saturated carbocycles. The summed E-state index contributed by atoms with van der Waals surface area (Å²) in [6.45, 7) is 4.11. The summed E-state index contributed by atoms with van der Waals surface area (Å²) in [5.41, 5.74) is 0.429. The third-order valence-corrected chi connectivity index (χ3v) is 4.94. The molecule has 2 heterocycles. The Bertz CT molecular complexity index is 557. The molecule has 2 fully saturated rings. The van der Waals surface area contributed by atoms with Crippen molar-refractivity contribution in [2.75, 3.05) is 25.0 Å². The monoisotopic (exact) mass is 394 g/mol. The quantitative estimate of drug-likeness (QED) is 0.804. The molecule has 0 atom stereocenters. The van der Waals surface area contributed by atoms with Gasteiger partial charge >= 0.3 is 0 Å². The van der Waals surface area contributed by atoms with Gasteiger partial charge in [-0.15, -0.1) is 36.2 Å². The maximum absolute atomic E-state index is 12.4. The first kappa shape index (κ1) is 21.2. The minimum Gasteiger partial charge on any atom is -0.337 e. The van der Waals surface area contributed by atoms with E-state index in [9.17, 15) is 9.59 Å². The number of carbonyl (C=O) groups is 2. The van der Waals surface area contributed by atoms with E-state index >= 15 is 0 Å². The molecular formula is C15H24Cl2N4O2S. The van der Waals surface area contributed by atoms with E-state index in [-0.39, 0.29) is 36.6 Å². The molecule has 0 spiro atoms. The number of hydrogen-bond acceptors (Lipinski definition) is 5. The van der Waals surface area contributed by atoms with Crippen LogP contribution < -0.4 is 10.6 Å². The van der Waals surface area contributed by atoms with Crippen molar-refractivity contribution in [1.82, 2.24) is 15.2 Å². The summed E-state index contributed by atoms with van der Waals surface area (Å²) in [6.07, 6.45) is 4.73. The number of nitrogens with zero attached hydrogens (tertiary/aromatic N) is 2. The van der Waals surface area contributed by atoms with Gasteiger partial charge in [0.2, 0.25) is 5.91 Å². The van der Waals surface area contributed by atoms with Crippen LogP contribution in [0.4, 0.5) is 5.13 Å². The fraction of sp³-hybridized carbons (Fsp3) is 0.667. The number of rotatable bonds is 5. The lowest BCUT2D eigenvalue weighted by molar-refractivity contribution is -0.114. The predicted molar refractivity (Wildman–Crippen MR) is 101 cm³/mol. The van der Waals surface area contributed by atoms with Crippen molar-refractivity contribution >= 4 is 53.1 Å². The van der Waals surface area contributed by atoms with Crippen LogP contribution in [-0.4, -0.2) is 47.4 Å². The minimum absolute atomic E-state index is 0. The highest BCUT2D eigenvalue weighted by Gasteiger charge is 2.27. The number of anilines is 1. The van der Waals surface area contributed by atoms with E-state index in [1.807, 2.05) is 4.90 Å². The van der Waals surface area contributed by atoms with E-state index in [1.165, 1.54) is 31.1 Å². The fourth-order valence-electron chi connectivity index (χ4n) is 2.68. The molecule has 2 amide bonds. The smallest absolute Gasteiger partial charge is 0.273 e. The Labute approximate surface area is 158 Å². The lowest BCUT2D eigenvalue weighted by Crippen LogP contribution is -2.45. The molecule has 1 aromatic heterocycles. The molecule has 1 aliphatic heterocycles. The number of thiazole rings is 1. The van der Waals surface area contributed by atoms with Crippen molar-refractivity contribution in [3.8, 4) is 0 Å². The molecule has 0 aromatic carbocycles. The van der Waals surface area contributed by atoms with Crippen molar-refractivity contribution in [3.05, 3.63) is 11.1 Å². The predicted octanol–water partition coefficient (Wildman–Crippen LogP) is 2.55. The average molecular weight is 395 g/mol. The summed E-state index contributed by atoms with van der Waals surface area (Å²) < 4.78 is 0. The lowest BCUT2D eigenvalue weighted by atomic mass is 10.0. The zero-order chi connectivity index (χ0) is 15.5. The van der Waals surface area contributed by atoms with Gasteiger partial charge in [-0.2, -0.15) is 0 Å². The van der Waals surface area contributed by atoms with E-state index in [2.05, 4.69) is 15.6 Å². The zero-order valence-electron chi connectivity index (χ0n) is 13.6. The Morgan fingerprint density at radius 2 is 1.92 bits per heavy atom. The molecule has 2 N–H and O–H groups in total. The van der Waals surface area contributed by atoms with Crippen LogP contribution in [0.2, 0.25) is 0 Å². The number of aromatic nitrogens is 1. The molecule has 9 heteroatoms. The number of halogens is 2. The van der Waals surface area contributed by atoms with Crippen LogP contribution >= 0.6 is 36.2 Å². The van der Waals surface area contributed by atoms with E-state index in [0.29, 0.717) is 16.9 Å². The molecule has 0 bridgehead atoms. The Kier molecular flexibility index (Phi) is 8.42. The first-order valence-corrected chi connectivity index (χ1v) is 8.75. The topological polar surface area (TPSA) is 74.3 Å². The van der Waals surface area contributed by atoms with Gasteiger partial charge in [0.15, 0.2) is 5.13 Å². The van der Waals surface area contributed by atoms with E-state index in [4.69, 9.17) is 0 Å². The summed E-state index contributed by atoms with van der Waals surface area (Å²) in [6, 6.07) is 0.537. The Morgan fingerprint density at radius 3 is 2.50 bits per heavy atom. The highest BCUT2D eigenvalue weighted by molar-refractivity contribution is 7.14. The second-order valence-electron chi connectivity index (χ2n) is 6.14. The number of carbonyl (C=O) groups excluding carboxylic acids is 2. The minimum atomic E-state index is -0.170. The molecule has 0 unspecified atom stereocenters. The summed E-state index contributed by atoms with van der Waals surface area (Å²) in [5.74, 6) is 0.686. The van der Waals surface area contributed by atoms with E-state index in [1.54, 1.807) is 5.38 Å². The third-order valence-electron chi connectivity index (χ3n) is 4.18. The van der Waals surface area contributed by atoms with Gasteiger partial charge in [0.25, 0.3) is 5.91 Å². The molecule has 24 heavy (non-hydrogen) atoms. The van der Waals surface area contributed by atoms with Gasteiger partial charge in [0.05, 0.1) is 0 Å². The molecule has 1 aliphatic carbocycles. The largest absolute Gasteiger partial charge is 0.337 e. The standard InChI is InChI=1S/C15H22N4O2S.2ClH/c1-10(20)17-15-18-13(9-22-15)14(21)19-6-4-12(5-7-19)16-8-11-2-3-11;;/h9,11-12,16H,2-8H2,1H3,(H,17,18,20);2*1H. The van der Waals surface area contributed by atoms with Gasteiger partial charge < -0.3 is 15.5 Å². The summed E-state index contributed by atoms with van der Waals surface area (Å²) in [7, 11) is 0. The van der Waals surface area contributed by atoms with Crippen molar-refractivity contribution < 1.29 is 9.59 Å². The van der Waals surface area contributed by atoms with Crippen LogP contribution in [-0.2, 0) is 4.79 Å². The van der Waals surface area contributed by atoms with Crippen LogP contribution in [0.5, 0.6) is 0 Å². The Hall–Kier alpha value is -0.890. The van der Waals surface area contributed by atoms with Crippen LogP contribution in [0.3, 0.4) is 0 Å². The summed E-state index contributed by atoms with van der Waals surface area (Å²) >= 11 is 1.29. The first-order chi connectivity index (χ1) is 10.6. The van der Waals surface area contributed by atoms with Crippen LogP contribution in [0.15, 0.2) is 5.38 Å². The first-order valence-electron chi connectivity index (χ1n) is 7.87. The van der Waals surface area contributed by atoms with Crippen LogP contribution in [0.1, 0.15) is 43.1 Å². The second kappa shape index (κ2) is 9.56. The molecule has 3 rings (SSSR count). The van der Waals surface area contributed by atoms with E-state index < -0.39 is 0 Å². The molecule has 6 nitrogen and oxygen atoms in total. The number of likely N-dealkylation sites (tertiary alicyclic amines) is 1. The van der Waals surface area contributed by atoms with Crippen molar-refractivity contribution in [2.24, 2.45) is 5.92 Å². The molecule has 1 aromatic rings. The average Bonchev–Trinajstić information content (AvgIpc) is 3.23. The van der Waals surface area contributed by atoms with Gasteiger partial charge in [0.1, 0.15) is 5.69 Å². The maximum atomic E-state index is 12.4. The Morgan fingerprint density at radius 1 is 1.25 bits per heavy atom.